The van der Waals surface area contributed by atoms with Gasteiger partial charge in [0, 0.05) is 23.7 Å². The normalized spacial score (nSPS) is 18.8. The summed E-state index contributed by atoms with van der Waals surface area (Å²) < 4.78 is 13.8. The van der Waals surface area contributed by atoms with E-state index >= 15 is 0 Å². The lowest BCUT2D eigenvalue weighted by atomic mass is 10.0. The molecule has 0 aromatic heterocycles. The van der Waals surface area contributed by atoms with E-state index in [-0.39, 0.29) is 17.6 Å². The molecule has 1 aromatic rings. The second-order valence-corrected chi connectivity index (χ2v) is 4.99. The fourth-order valence-electron chi connectivity index (χ4n) is 2.70. The van der Waals surface area contributed by atoms with E-state index < -0.39 is 0 Å². The highest BCUT2D eigenvalue weighted by atomic mass is 19.1. The number of benzene rings is 1. The maximum absolute atomic E-state index is 13.8. The van der Waals surface area contributed by atoms with Crippen molar-refractivity contribution in [3.05, 3.63) is 29.6 Å². The molecule has 1 unspecified atom stereocenters. The summed E-state index contributed by atoms with van der Waals surface area (Å²) in [6.07, 6.45) is 4.97. The SMILES string of the molecule is CC(c1ccc(O)cc1F)N(C)C1CCCC1. The smallest absolute Gasteiger partial charge is 0.131 e. The fourth-order valence-corrected chi connectivity index (χ4v) is 2.70. The molecule has 1 aromatic carbocycles. The second-order valence-electron chi connectivity index (χ2n) is 4.99. The zero-order valence-corrected chi connectivity index (χ0v) is 10.5. The van der Waals surface area contributed by atoms with Crippen molar-refractivity contribution in [2.45, 2.75) is 44.7 Å². The minimum atomic E-state index is -0.317. The monoisotopic (exact) mass is 237 g/mol. The molecule has 1 aliphatic carbocycles. The third-order valence-electron chi connectivity index (χ3n) is 3.95. The molecule has 94 valence electrons. The Kier molecular flexibility index (Phi) is 3.67. The number of halogens is 1. The highest BCUT2D eigenvalue weighted by Gasteiger charge is 2.25. The molecular weight excluding hydrogens is 217 g/mol. The summed E-state index contributed by atoms with van der Waals surface area (Å²) in [5.74, 6) is -0.329. The third kappa shape index (κ3) is 2.60. The third-order valence-corrected chi connectivity index (χ3v) is 3.95. The van der Waals surface area contributed by atoms with Crippen LogP contribution in [-0.2, 0) is 0 Å². The molecule has 1 N–H and O–H groups in total. The highest BCUT2D eigenvalue weighted by Crippen LogP contribution is 2.31. The van der Waals surface area contributed by atoms with Gasteiger partial charge in [-0.15, -0.1) is 0 Å². The number of hydrogen-bond donors (Lipinski definition) is 1. The predicted molar refractivity (Wildman–Crippen MR) is 66.5 cm³/mol. The van der Waals surface area contributed by atoms with Crippen molar-refractivity contribution in [1.29, 1.82) is 0 Å². The lowest BCUT2D eigenvalue weighted by Gasteiger charge is -2.31. The molecule has 0 bridgehead atoms. The zero-order chi connectivity index (χ0) is 12.4. The topological polar surface area (TPSA) is 23.5 Å². The Morgan fingerprint density at radius 2 is 2.00 bits per heavy atom. The summed E-state index contributed by atoms with van der Waals surface area (Å²) in [6, 6.07) is 5.05. The Morgan fingerprint density at radius 1 is 1.35 bits per heavy atom. The first-order chi connectivity index (χ1) is 8.09. The van der Waals surface area contributed by atoms with Crippen molar-refractivity contribution >= 4 is 0 Å². The first-order valence-corrected chi connectivity index (χ1v) is 6.30. The fraction of sp³-hybridized carbons (Fsp3) is 0.571. The van der Waals surface area contributed by atoms with Crippen molar-refractivity contribution in [3.8, 4) is 5.75 Å². The molecule has 17 heavy (non-hydrogen) atoms. The summed E-state index contributed by atoms with van der Waals surface area (Å²) >= 11 is 0. The van der Waals surface area contributed by atoms with Gasteiger partial charge in [0.15, 0.2) is 0 Å². The van der Waals surface area contributed by atoms with Crippen LogP contribution >= 0.6 is 0 Å². The van der Waals surface area contributed by atoms with Gasteiger partial charge >= 0.3 is 0 Å². The van der Waals surface area contributed by atoms with Crippen LogP contribution in [0.5, 0.6) is 5.75 Å². The Hall–Kier alpha value is -1.09. The molecule has 2 nitrogen and oxygen atoms in total. The summed E-state index contributed by atoms with van der Waals surface area (Å²) in [5, 5.41) is 9.22. The largest absolute Gasteiger partial charge is 0.508 e. The van der Waals surface area contributed by atoms with Crippen LogP contribution in [0.1, 0.15) is 44.2 Å². The maximum atomic E-state index is 13.8. The lowest BCUT2D eigenvalue weighted by Crippen LogP contribution is -2.32. The Balaban J connectivity index is 2.15. The van der Waals surface area contributed by atoms with Crippen LogP contribution < -0.4 is 0 Å². The Bertz CT molecular complexity index is 388. The molecule has 0 spiro atoms. The van der Waals surface area contributed by atoms with Gasteiger partial charge in [0.25, 0.3) is 0 Å². The standard InChI is InChI=1S/C14H20FNO/c1-10(16(2)11-5-3-4-6-11)13-8-7-12(17)9-14(13)15/h7-11,17H,3-6H2,1-2H3. The van der Waals surface area contributed by atoms with Crippen molar-refractivity contribution in [2.24, 2.45) is 0 Å². The molecule has 1 fully saturated rings. The molecule has 2 rings (SSSR count). The van der Waals surface area contributed by atoms with E-state index in [2.05, 4.69) is 11.9 Å². The quantitative estimate of drug-likeness (QED) is 0.870. The Morgan fingerprint density at radius 3 is 2.59 bits per heavy atom. The van der Waals surface area contributed by atoms with Gasteiger partial charge < -0.3 is 5.11 Å². The van der Waals surface area contributed by atoms with Gasteiger partial charge in [-0.25, -0.2) is 4.39 Å². The molecule has 3 heteroatoms. The van der Waals surface area contributed by atoms with Gasteiger partial charge in [-0.3, -0.25) is 4.90 Å². The number of phenols is 1. The van der Waals surface area contributed by atoms with Gasteiger partial charge in [-0.05, 0) is 32.9 Å². The van der Waals surface area contributed by atoms with Gasteiger partial charge in [0.1, 0.15) is 11.6 Å². The predicted octanol–water partition coefficient (Wildman–Crippen LogP) is 3.47. The average molecular weight is 237 g/mol. The van der Waals surface area contributed by atoms with Crippen LogP contribution in [0.15, 0.2) is 18.2 Å². The zero-order valence-electron chi connectivity index (χ0n) is 10.5. The minimum Gasteiger partial charge on any atom is -0.508 e. The van der Waals surface area contributed by atoms with Gasteiger partial charge in [0.2, 0.25) is 0 Å². The number of nitrogens with zero attached hydrogens (tertiary/aromatic N) is 1. The van der Waals surface area contributed by atoms with Gasteiger partial charge in [-0.2, -0.15) is 0 Å². The molecule has 0 amide bonds. The summed E-state index contributed by atoms with van der Waals surface area (Å²) in [4.78, 5) is 2.25. The van der Waals surface area contributed by atoms with E-state index in [0.717, 1.165) is 0 Å². The number of aromatic hydroxyl groups is 1. The molecular formula is C14H20FNO. The van der Waals surface area contributed by atoms with Crippen molar-refractivity contribution in [2.75, 3.05) is 7.05 Å². The minimum absolute atomic E-state index is 0.0121. The highest BCUT2D eigenvalue weighted by molar-refractivity contribution is 5.29. The number of phenolic OH excluding ortho intramolecular Hbond substituents is 1. The van der Waals surface area contributed by atoms with Crippen LogP contribution in [0, 0.1) is 5.82 Å². The molecule has 0 aliphatic heterocycles. The molecule has 1 aliphatic rings. The van der Waals surface area contributed by atoms with Crippen LogP contribution in [0.4, 0.5) is 4.39 Å². The first kappa shape index (κ1) is 12.4. The lowest BCUT2D eigenvalue weighted by molar-refractivity contribution is 0.184. The van der Waals surface area contributed by atoms with Crippen molar-refractivity contribution < 1.29 is 9.50 Å². The maximum Gasteiger partial charge on any atom is 0.131 e. The average Bonchev–Trinajstić information content (AvgIpc) is 2.80. The van der Waals surface area contributed by atoms with Crippen LogP contribution in [-0.4, -0.2) is 23.1 Å². The van der Waals surface area contributed by atoms with Crippen LogP contribution in [0.25, 0.3) is 0 Å². The molecule has 0 heterocycles. The van der Waals surface area contributed by atoms with E-state index in [9.17, 15) is 9.50 Å². The number of rotatable bonds is 3. The first-order valence-electron chi connectivity index (χ1n) is 6.30. The van der Waals surface area contributed by atoms with Crippen molar-refractivity contribution in [3.63, 3.8) is 0 Å². The molecule has 1 atom stereocenters. The van der Waals surface area contributed by atoms with E-state index in [0.29, 0.717) is 11.6 Å². The van der Waals surface area contributed by atoms with Crippen molar-refractivity contribution in [1.82, 2.24) is 4.90 Å². The summed E-state index contributed by atoms with van der Waals surface area (Å²) in [6.45, 7) is 2.02. The molecule has 0 saturated heterocycles. The second kappa shape index (κ2) is 5.05. The van der Waals surface area contributed by atoms with Crippen LogP contribution in [0.2, 0.25) is 0 Å². The van der Waals surface area contributed by atoms with E-state index in [4.69, 9.17) is 0 Å². The summed E-state index contributed by atoms with van der Waals surface area (Å²) in [7, 11) is 2.06. The van der Waals surface area contributed by atoms with Crippen LogP contribution in [0.3, 0.4) is 0 Å². The number of hydrogen-bond acceptors (Lipinski definition) is 2. The molecule has 0 radical (unpaired) electrons. The summed E-state index contributed by atoms with van der Waals surface area (Å²) in [5.41, 5.74) is 0.664. The molecule has 1 saturated carbocycles. The van der Waals surface area contributed by atoms with Gasteiger partial charge in [-0.1, -0.05) is 18.9 Å². The van der Waals surface area contributed by atoms with E-state index in [1.54, 1.807) is 12.1 Å². The van der Waals surface area contributed by atoms with E-state index in [1.807, 2.05) is 6.92 Å². The Labute approximate surface area is 102 Å². The van der Waals surface area contributed by atoms with Gasteiger partial charge in [0.05, 0.1) is 0 Å². The van der Waals surface area contributed by atoms with E-state index in [1.165, 1.54) is 31.7 Å².